The van der Waals surface area contributed by atoms with Crippen molar-refractivity contribution in [3.05, 3.63) is 17.3 Å². The van der Waals surface area contributed by atoms with E-state index in [1.165, 1.54) is 0 Å². The highest BCUT2D eigenvalue weighted by Gasteiger charge is 2.16. The van der Waals surface area contributed by atoms with Crippen LogP contribution in [0.2, 0.25) is 0 Å². The van der Waals surface area contributed by atoms with Crippen LogP contribution in [0.15, 0.2) is 11.6 Å². The second-order valence-electron chi connectivity index (χ2n) is 4.88. The van der Waals surface area contributed by atoms with Crippen LogP contribution in [0.25, 0.3) is 4.96 Å². The molecule has 2 rings (SSSR count). The molecular weight excluding hydrogens is 258 g/mol. The molecule has 0 aromatic carbocycles. The molecular formula is C13H23N5S. The largest absolute Gasteiger partial charge is 0.355 e. The molecule has 0 unspecified atom stereocenters. The zero-order valence-corrected chi connectivity index (χ0v) is 12.8. The Balaban J connectivity index is 2.17. The molecule has 2 heterocycles. The van der Waals surface area contributed by atoms with Crippen LogP contribution in [0.1, 0.15) is 19.0 Å². The van der Waals surface area contributed by atoms with Crippen molar-refractivity contribution in [2.45, 2.75) is 19.9 Å². The molecule has 6 heteroatoms. The summed E-state index contributed by atoms with van der Waals surface area (Å²) in [7, 11) is 4.21. The summed E-state index contributed by atoms with van der Waals surface area (Å²) < 4.78 is 2.11. The van der Waals surface area contributed by atoms with E-state index in [1.807, 2.05) is 11.6 Å². The average molecular weight is 281 g/mol. The molecule has 106 valence electrons. The van der Waals surface area contributed by atoms with Crippen LogP contribution < -0.4 is 10.6 Å². The van der Waals surface area contributed by atoms with Crippen molar-refractivity contribution in [3.63, 3.8) is 0 Å². The number of hydrogen-bond acceptors (Lipinski definition) is 5. The molecule has 0 aliphatic carbocycles. The van der Waals surface area contributed by atoms with E-state index in [0.717, 1.165) is 42.5 Å². The highest BCUT2D eigenvalue weighted by Crippen LogP contribution is 2.24. The maximum absolute atomic E-state index is 5.90. The standard InChI is InChI=1S/C13H23N5S/c1-4-17(7-5-6-16(2)3)12-11(10-14)18-8-9-19-13(18)15-12/h8-9H,4-7,10,14H2,1-3H3. The zero-order chi connectivity index (χ0) is 13.8. The van der Waals surface area contributed by atoms with Crippen molar-refractivity contribution in [2.24, 2.45) is 5.73 Å². The van der Waals surface area contributed by atoms with Gasteiger partial charge in [-0.3, -0.25) is 4.40 Å². The molecule has 0 bridgehead atoms. The van der Waals surface area contributed by atoms with Gasteiger partial charge in [-0.2, -0.15) is 0 Å². The number of imidazole rings is 1. The first-order valence-electron chi connectivity index (χ1n) is 6.71. The molecule has 2 N–H and O–H groups in total. The molecule has 0 radical (unpaired) electrons. The Morgan fingerprint density at radius 1 is 1.37 bits per heavy atom. The van der Waals surface area contributed by atoms with Gasteiger partial charge in [-0.15, -0.1) is 11.3 Å². The van der Waals surface area contributed by atoms with Gasteiger partial charge in [-0.25, -0.2) is 4.98 Å². The van der Waals surface area contributed by atoms with Gasteiger partial charge in [0.25, 0.3) is 0 Å². The Morgan fingerprint density at radius 2 is 2.16 bits per heavy atom. The molecule has 0 saturated heterocycles. The lowest BCUT2D eigenvalue weighted by molar-refractivity contribution is 0.400. The van der Waals surface area contributed by atoms with Gasteiger partial charge >= 0.3 is 0 Å². The van der Waals surface area contributed by atoms with Gasteiger partial charge in [0.05, 0.1) is 5.69 Å². The lowest BCUT2D eigenvalue weighted by atomic mass is 10.3. The molecule has 0 fully saturated rings. The third kappa shape index (κ3) is 3.08. The topological polar surface area (TPSA) is 49.8 Å². The van der Waals surface area contributed by atoms with Crippen LogP contribution in [0, 0.1) is 0 Å². The second kappa shape index (κ2) is 6.36. The van der Waals surface area contributed by atoms with Crippen molar-refractivity contribution in [1.29, 1.82) is 0 Å². The van der Waals surface area contributed by atoms with Crippen molar-refractivity contribution in [2.75, 3.05) is 38.6 Å². The molecule has 0 aliphatic heterocycles. The van der Waals surface area contributed by atoms with Crippen molar-refractivity contribution in [1.82, 2.24) is 14.3 Å². The lowest BCUT2D eigenvalue weighted by Crippen LogP contribution is -2.28. The highest BCUT2D eigenvalue weighted by atomic mass is 32.1. The van der Waals surface area contributed by atoms with Crippen molar-refractivity contribution in [3.8, 4) is 0 Å². The summed E-state index contributed by atoms with van der Waals surface area (Å²) in [4.78, 5) is 10.3. The van der Waals surface area contributed by atoms with Crippen LogP contribution in [-0.4, -0.2) is 48.0 Å². The first-order chi connectivity index (χ1) is 9.17. The van der Waals surface area contributed by atoms with E-state index in [2.05, 4.69) is 35.2 Å². The molecule has 0 spiro atoms. The average Bonchev–Trinajstić information content (AvgIpc) is 2.94. The van der Waals surface area contributed by atoms with E-state index in [9.17, 15) is 0 Å². The maximum atomic E-state index is 5.90. The van der Waals surface area contributed by atoms with E-state index < -0.39 is 0 Å². The van der Waals surface area contributed by atoms with Gasteiger partial charge in [0.1, 0.15) is 0 Å². The summed E-state index contributed by atoms with van der Waals surface area (Å²) in [5.41, 5.74) is 7.01. The van der Waals surface area contributed by atoms with Gasteiger partial charge in [0.2, 0.25) is 0 Å². The molecule has 0 saturated carbocycles. The summed E-state index contributed by atoms with van der Waals surface area (Å²) in [6.45, 7) is 5.77. The fraction of sp³-hybridized carbons (Fsp3) is 0.615. The third-order valence-corrected chi connectivity index (χ3v) is 4.00. The third-order valence-electron chi connectivity index (χ3n) is 3.25. The molecule has 5 nitrogen and oxygen atoms in total. The van der Waals surface area contributed by atoms with Crippen LogP contribution in [0.5, 0.6) is 0 Å². The van der Waals surface area contributed by atoms with Crippen LogP contribution >= 0.6 is 11.3 Å². The Labute approximate surface area is 118 Å². The number of aromatic nitrogens is 2. The van der Waals surface area contributed by atoms with Gasteiger partial charge < -0.3 is 15.5 Å². The number of nitrogens with two attached hydrogens (primary N) is 1. The van der Waals surface area contributed by atoms with Gasteiger partial charge in [0.15, 0.2) is 10.8 Å². The molecule has 0 amide bonds. The minimum atomic E-state index is 0.525. The predicted octanol–water partition coefficient (Wildman–Crippen LogP) is 1.63. The summed E-state index contributed by atoms with van der Waals surface area (Å²) in [5.74, 6) is 1.05. The number of rotatable bonds is 7. The summed E-state index contributed by atoms with van der Waals surface area (Å²) >= 11 is 1.66. The molecule has 19 heavy (non-hydrogen) atoms. The van der Waals surface area contributed by atoms with Gasteiger partial charge in [0, 0.05) is 31.2 Å². The highest BCUT2D eigenvalue weighted by molar-refractivity contribution is 7.15. The Hall–Kier alpha value is -1.11. The smallest absolute Gasteiger partial charge is 0.195 e. The van der Waals surface area contributed by atoms with Crippen LogP contribution in [-0.2, 0) is 6.54 Å². The van der Waals surface area contributed by atoms with E-state index in [1.54, 1.807) is 11.3 Å². The lowest BCUT2D eigenvalue weighted by Gasteiger charge is -2.22. The first-order valence-corrected chi connectivity index (χ1v) is 7.59. The minimum Gasteiger partial charge on any atom is -0.355 e. The SMILES string of the molecule is CCN(CCCN(C)C)c1nc2sccn2c1CN. The normalized spacial score (nSPS) is 11.6. The molecule has 2 aromatic heterocycles. The molecule has 2 aromatic rings. The summed E-state index contributed by atoms with van der Waals surface area (Å²) in [6, 6.07) is 0. The number of fused-ring (bicyclic) bond motifs is 1. The number of thiazole rings is 1. The Morgan fingerprint density at radius 3 is 2.79 bits per heavy atom. The zero-order valence-electron chi connectivity index (χ0n) is 12.0. The van der Waals surface area contributed by atoms with E-state index >= 15 is 0 Å². The van der Waals surface area contributed by atoms with Gasteiger partial charge in [-0.1, -0.05) is 0 Å². The van der Waals surface area contributed by atoms with E-state index in [4.69, 9.17) is 10.7 Å². The summed E-state index contributed by atoms with van der Waals surface area (Å²) in [5, 5.41) is 2.05. The van der Waals surface area contributed by atoms with Gasteiger partial charge in [-0.05, 0) is 34.0 Å². The Bertz CT molecular complexity index is 516. The number of nitrogens with zero attached hydrogens (tertiary/aromatic N) is 4. The van der Waals surface area contributed by atoms with Crippen LogP contribution in [0.4, 0.5) is 5.82 Å². The van der Waals surface area contributed by atoms with E-state index in [-0.39, 0.29) is 0 Å². The van der Waals surface area contributed by atoms with Crippen LogP contribution in [0.3, 0.4) is 0 Å². The number of hydrogen-bond donors (Lipinski definition) is 1. The maximum Gasteiger partial charge on any atom is 0.195 e. The van der Waals surface area contributed by atoms with E-state index in [0.29, 0.717) is 6.54 Å². The number of anilines is 1. The van der Waals surface area contributed by atoms with Crippen molar-refractivity contribution >= 4 is 22.1 Å². The molecule has 0 atom stereocenters. The molecule has 0 aliphatic rings. The summed E-state index contributed by atoms with van der Waals surface area (Å²) in [6.07, 6.45) is 3.18. The Kier molecular flexibility index (Phi) is 4.79. The van der Waals surface area contributed by atoms with Crippen molar-refractivity contribution < 1.29 is 0 Å². The fourth-order valence-corrected chi connectivity index (χ4v) is 2.98. The monoisotopic (exact) mass is 281 g/mol. The minimum absolute atomic E-state index is 0.525. The first kappa shape index (κ1) is 14.3. The second-order valence-corrected chi connectivity index (χ2v) is 5.75. The quantitative estimate of drug-likeness (QED) is 0.838. The fourth-order valence-electron chi connectivity index (χ4n) is 2.26. The predicted molar refractivity (Wildman–Crippen MR) is 82.0 cm³/mol.